The van der Waals surface area contributed by atoms with E-state index in [0.29, 0.717) is 35.1 Å². The highest BCUT2D eigenvalue weighted by Crippen LogP contribution is 2.43. The summed E-state index contributed by atoms with van der Waals surface area (Å²) in [4.78, 5) is 32.1. The van der Waals surface area contributed by atoms with Gasteiger partial charge in [-0.3, -0.25) is 14.6 Å². The predicted octanol–water partition coefficient (Wildman–Crippen LogP) is 4.54. The van der Waals surface area contributed by atoms with Crippen molar-refractivity contribution in [2.75, 3.05) is 0 Å². The second-order valence-electron chi connectivity index (χ2n) is 7.61. The summed E-state index contributed by atoms with van der Waals surface area (Å²) in [6, 6.07) is 13.7. The highest BCUT2D eigenvalue weighted by molar-refractivity contribution is 6.30. The van der Waals surface area contributed by atoms with Gasteiger partial charge in [-0.25, -0.2) is 4.39 Å². The zero-order valence-corrected chi connectivity index (χ0v) is 17.6. The fourth-order valence-electron chi connectivity index (χ4n) is 4.28. The van der Waals surface area contributed by atoms with Crippen LogP contribution in [0.15, 0.2) is 60.8 Å². The van der Waals surface area contributed by atoms with Crippen molar-refractivity contribution in [3.8, 4) is 0 Å². The minimum atomic E-state index is -1.05. The molecular weight excluding hydrogens is 417 g/mol. The number of nitrogens with zero attached hydrogens (tertiary/aromatic N) is 2. The quantitative estimate of drug-likeness (QED) is 0.636. The number of primary amides is 1. The Hall–Kier alpha value is -3.25. The molecule has 1 heterocycles. The molecule has 5 nitrogen and oxygen atoms in total. The van der Waals surface area contributed by atoms with Gasteiger partial charge in [-0.05, 0) is 60.2 Å². The number of hydrogen-bond donors (Lipinski definition) is 1. The SMILES string of the molecule is Cc1cccnc1C(=O)N(C(C(N)=O)c1ccccc1)[C@@H]1CCc2c(F)cc(Cl)cc21. The van der Waals surface area contributed by atoms with Crippen LogP contribution in [-0.2, 0) is 11.2 Å². The zero-order chi connectivity index (χ0) is 22.1. The maximum absolute atomic E-state index is 14.6. The molecule has 1 aliphatic rings. The van der Waals surface area contributed by atoms with Crippen LogP contribution in [0.1, 0.15) is 51.2 Å². The van der Waals surface area contributed by atoms with Gasteiger partial charge in [0.05, 0.1) is 6.04 Å². The monoisotopic (exact) mass is 437 g/mol. The Balaban J connectivity index is 1.90. The van der Waals surface area contributed by atoms with Gasteiger partial charge >= 0.3 is 0 Å². The first-order valence-corrected chi connectivity index (χ1v) is 10.3. The molecule has 2 amide bonds. The summed E-state index contributed by atoms with van der Waals surface area (Å²) in [7, 11) is 0. The molecule has 0 saturated heterocycles. The van der Waals surface area contributed by atoms with Crippen LogP contribution in [0.4, 0.5) is 4.39 Å². The summed E-state index contributed by atoms with van der Waals surface area (Å²) < 4.78 is 14.6. The number of carbonyl (C=O) groups excluding carboxylic acids is 2. The molecule has 1 unspecified atom stereocenters. The van der Waals surface area contributed by atoms with Gasteiger partial charge in [0.15, 0.2) is 0 Å². The number of nitrogens with two attached hydrogens (primary N) is 1. The summed E-state index contributed by atoms with van der Waals surface area (Å²) in [5.74, 6) is -1.53. The molecule has 158 valence electrons. The number of rotatable bonds is 5. The summed E-state index contributed by atoms with van der Waals surface area (Å²) in [5, 5.41) is 0.236. The normalized spacial score (nSPS) is 15.9. The van der Waals surface area contributed by atoms with Crippen LogP contribution in [0.5, 0.6) is 0 Å². The fourth-order valence-corrected chi connectivity index (χ4v) is 4.49. The van der Waals surface area contributed by atoms with Crippen molar-refractivity contribution in [1.82, 2.24) is 9.88 Å². The lowest BCUT2D eigenvalue weighted by atomic mass is 9.98. The van der Waals surface area contributed by atoms with E-state index in [-0.39, 0.29) is 10.7 Å². The molecule has 3 aromatic rings. The van der Waals surface area contributed by atoms with E-state index in [9.17, 15) is 14.0 Å². The number of aromatic nitrogens is 1. The summed E-state index contributed by atoms with van der Waals surface area (Å²) in [6.07, 6.45) is 2.40. The lowest BCUT2D eigenvalue weighted by Crippen LogP contribution is -2.44. The Morgan fingerprint density at radius 1 is 1.19 bits per heavy atom. The lowest BCUT2D eigenvalue weighted by molar-refractivity contribution is -0.123. The van der Waals surface area contributed by atoms with E-state index >= 15 is 0 Å². The maximum atomic E-state index is 14.6. The predicted molar refractivity (Wildman–Crippen MR) is 116 cm³/mol. The number of benzene rings is 2. The Bertz CT molecular complexity index is 1150. The number of hydrogen-bond acceptors (Lipinski definition) is 3. The van der Waals surface area contributed by atoms with Crippen LogP contribution < -0.4 is 5.73 Å². The largest absolute Gasteiger partial charge is 0.368 e. The van der Waals surface area contributed by atoms with Crippen LogP contribution in [0.3, 0.4) is 0 Å². The lowest BCUT2D eigenvalue weighted by Gasteiger charge is -2.35. The summed E-state index contributed by atoms with van der Waals surface area (Å²) >= 11 is 6.13. The van der Waals surface area contributed by atoms with Gasteiger partial charge in [0.2, 0.25) is 5.91 Å². The molecule has 0 fully saturated rings. The average Bonchev–Trinajstić information content (AvgIpc) is 3.16. The van der Waals surface area contributed by atoms with E-state index in [2.05, 4.69) is 4.98 Å². The van der Waals surface area contributed by atoms with Crippen LogP contribution in [0.2, 0.25) is 5.02 Å². The second kappa shape index (κ2) is 8.47. The minimum Gasteiger partial charge on any atom is -0.368 e. The van der Waals surface area contributed by atoms with Crippen LogP contribution >= 0.6 is 11.6 Å². The van der Waals surface area contributed by atoms with Gasteiger partial charge in [0.25, 0.3) is 5.91 Å². The molecule has 2 aromatic carbocycles. The topological polar surface area (TPSA) is 76.3 Å². The molecule has 0 aliphatic heterocycles. The number of amides is 2. The van der Waals surface area contributed by atoms with Crippen molar-refractivity contribution in [3.63, 3.8) is 0 Å². The standard InChI is InChI=1S/C24H21ClFN3O2/c1-14-6-5-11-28-21(14)24(31)29(22(23(27)30)15-7-3-2-4-8-15)20-10-9-17-18(20)12-16(25)13-19(17)26/h2-8,11-13,20,22H,9-10H2,1H3,(H2,27,30)/t20-,22?/m1/s1. The number of pyridine rings is 1. The van der Waals surface area contributed by atoms with Crippen LogP contribution in [-0.4, -0.2) is 21.7 Å². The molecule has 0 radical (unpaired) electrons. The molecule has 0 spiro atoms. The molecule has 7 heteroatoms. The molecule has 31 heavy (non-hydrogen) atoms. The third kappa shape index (κ3) is 3.91. The molecule has 0 bridgehead atoms. The van der Waals surface area contributed by atoms with E-state index in [4.69, 9.17) is 17.3 Å². The van der Waals surface area contributed by atoms with E-state index in [0.717, 1.165) is 0 Å². The number of fused-ring (bicyclic) bond motifs is 1. The van der Waals surface area contributed by atoms with Crippen LogP contribution in [0.25, 0.3) is 0 Å². The van der Waals surface area contributed by atoms with E-state index in [1.54, 1.807) is 49.4 Å². The number of halogens is 2. The van der Waals surface area contributed by atoms with Gasteiger partial charge in [0.1, 0.15) is 17.6 Å². The maximum Gasteiger partial charge on any atom is 0.274 e. The Morgan fingerprint density at radius 3 is 2.61 bits per heavy atom. The third-order valence-corrected chi connectivity index (χ3v) is 5.89. The Labute approximate surface area is 184 Å². The highest BCUT2D eigenvalue weighted by Gasteiger charge is 2.41. The molecule has 1 aromatic heterocycles. The first-order chi connectivity index (χ1) is 14.9. The van der Waals surface area contributed by atoms with E-state index < -0.39 is 29.7 Å². The first-order valence-electron chi connectivity index (χ1n) is 9.95. The van der Waals surface area contributed by atoms with Gasteiger partial charge in [0, 0.05) is 11.2 Å². The molecule has 2 N–H and O–H groups in total. The van der Waals surface area contributed by atoms with Crippen molar-refractivity contribution in [2.45, 2.75) is 31.8 Å². The van der Waals surface area contributed by atoms with Crippen LogP contribution in [0, 0.1) is 12.7 Å². The van der Waals surface area contributed by atoms with Gasteiger partial charge < -0.3 is 10.6 Å². The van der Waals surface area contributed by atoms with E-state index in [1.165, 1.54) is 17.2 Å². The molecule has 2 atom stereocenters. The smallest absolute Gasteiger partial charge is 0.274 e. The summed E-state index contributed by atoms with van der Waals surface area (Å²) in [5.41, 5.74) is 8.38. The van der Waals surface area contributed by atoms with Crippen molar-refractivity contribution in [3.05, 3.63) is 99.6 Å². The van der Waals surface area contributed by atoms with Crippen molar-refractivity contribution in [1.29, 1.82) is 0 Å². The Morgan fingerprint density at radius 2 is 1.94 bits per heavy atom. The highest BCUT2D eigenvalue weighted by atomic mass is 35.5. The van der Waals surface area contributed by atoms with Gasteiger partial charge in [-0.1, -0.05) is 48.0 Å². The van der Waals surface area contributed by atoms with Crippen molar-refractivity contribution < 1.29 is 14.0 Å². The second-order valence-corrected chi connectivity index (χ2v) is 8.04. The average molecular weight is 438 g/mol. The van der Waals surface area contributed by atoms with Gasteiger partial charge in [-0.15, -0.1) is 0 Å². The molecule has 0 saturated carbocycles. The Kier molecular flexibility index (Phi) is 5.74. The minimum absolute atomic E-state index is 0.223. The van der Waals surface area contributed by atoms with Crippen molar-refractivity contribution >= 4 is 23.4 Å². The number of carbonyl (C=O) groups is 2. The molecular formula is C24H21ClFN3O2. The number of aryl methyl sites for hydroxylation is 1. The zero-order valence-electron chi connectivity index (χ0n) is 16.9. The first kappa shape index (κ1) is 21.0. The van der Waals surface area contributed by atoms with E-state index in [1.807, 2.05) is 6.07 Å². The summed E-state index contributed by atoms with van der Waals surface area (Å²) in [6.45, 7) is 1.78. The fraction of sp³-hybridized carbons (Fsp3) is 0.208. The van der Waals surface area contributed by atoms with Crippen molar-refractivity contribution in [2.24, 2.45) is 5.73 Å². The third-order valence-electron chi connectivity index (χ3n) is 5.67. The molecule has 4 rings (SSSR count). The van der Waals surface area contributed by atoms with Gasteiger partial charge in [-0.2, -0.15) is 0 Å². The molecule has 1 aliphatic carbocycles.